The Bertz CT molecular complexity index is 1720. The Labute approximate surface area is 209 Å². The zero-order chi connectivity index (χ0) is 26.6. The van der Waals surface area contributed by atoms with Gasteiger partial charge in [-0.3, -0.25) is 0 Å². The summed E-state index contributed by atoms with van der Waals surface area (Å²) in [6.07, 6.45) is -2.73. The van der Waals surface area contributed by atoms with Crippen molar-refractivity contribution in [3.63, 3.8) is 0 Å². The minimum Gasteiger partial charge on any atom is -0.372 e. The molecule has 0 aliphatic heterocycles. The van der Waals surface area contributed by atoms with Crippen LogP contribution in [0.3, 0.4) is 0 Å². The summed E-state index contributed by atoms with van der Waals surface area (Å²) in [5, 5.41) is 15.9. The third kappa shape index (κ3) is 3.98. The largest absolute Gasteiger partial charge is 0.425 e. The average molecular weight is 532 g/mol. The van der Waals surface area contributed by atoms with E-state index in [0.717, 1.165) is 16.2 Å². The molecule has 1 unspecified atom stereocenters. The molecule has 0 fully saturated rings. The van der Waals surface area contributed by atoms with Crippen molar-refractivity contribution in [1.82, 2.24) is 13.8 Å². The molecule has 0 saturated heterocycles. The lowest BCUT2D eigenvalue weighted by atomic mass is 9.85. The first-order chi connectivity index (χ1) is 17.5. The zero-order valence-electron chi connectivity index (χ0n) is 19.4. The third-order valence-electron chi connectivity index (χ3n) is 6.30. The van der Waals surface area contributed by atoms with Crippen molar-refractivity contribution >= 4 is 31.8 Å². The normalized spacial score (nSPS) is 14.3. The van der Waals surface area contributed by atoms with Crippen molar-refractivity contribution in [3.05, 3.63) is 96.1 Å². The molecule has 192 valence electrons. The summed E-state index contributed by atoms with van der Waals surface area (Å²) < 4.78 is 85.4. The molecule has 5 aromatic rings. The van der Waals surface area contributed by atoms with E-state index in [1.54, 1.807) is 6.92 Å². The predicted molar refractivity (Wildman–Crippen MR) is 131 cm³/mol. The molecule has 6 nitrogen and oxygen atoms in total. The highest BCUT2D eigenvalue weighted by atomic mass is 32.2. The quantitative estimate of drug-likeness (QED) is 0.294. The molecule has 0 aliphatic carbocycles. The SMILES string of the molecule is CCCS(=O)(=O)n1cc(C(O)(c2ccc3c(cnn3-c3ccc(F)cc3)c2)C(F)(F)F)c2ccccc21. The monoisotopic (exact) mass is 531 g/mol. The van der Waals surface area contributed by atoms with Crippen LogP contribution in [0.15, 0.2) is 79.1 Å². The van der Waals surface area contributed by atoms with Gasteiger partial charge in [-0.25, -0.2) is 21.5 Å². The van der Waals surface area contributed by atoms with E-state index in [4.69, 9.17) is 0 Å². The number of fused-ring (bicyclic) bond motifs is 2. The fourth-order valence-electron chi connectivity index (χ4n) is 4.54. The Morgan fingerprint density at radius 1 is 0.973 bits per heavy atom. The first-order valence-electron chi connectivity index (χ1n) is 11.3. The summed E-state index contributed by atoms with van der Waals surface area (Å²) in [5.74, 6) is -0.720. The third-order valence-corrected chi connectivity index (χ3v) is 8.12. The summed E-state index contributed by atoms with van der Waals surface area (Å²) in [6.45, 7) is 1.65. The molecule has 1 atom stereocenters. The maximum absolute atomic E-state index is 14.7. The fraction of sp³-hybridized carbons (Fsp3) is 0.192. The topological polar surface area (TPSA) is 77.1 Å². The lowest BCUT2D eigenvalue weighted by Crippen LogP contribution is -2.43. The molecule has 5 rings (SSSR count). The minimum atomic E-state index is -5.20. The van der Waals surface area contributed by atoms with E-state index in [9.17, 15) is 31.1 Å². The Kier molecular flexibility index (Phi) is 5.87. The van der Waals surface area contributed by atoms with Gasteiger partial charge < -0.3 is 5.11 Å². The highest BCUT2D eigenvalue weighted by Crippen LogP contribution is 2.47. The minimum absolute atomic E-state index is 0.0379. The van der Waals surface area contributed by atoms with Gasteiger partial charge in [0, 0.05) is 22.5 Å². The van der Waals surface area contributed by atoms with Crippen molar-refractivity contribution < 1.29 is 31.1 Å². The molecule has 2 heterocycles. The van der Waals surface area contributed by atoms with Gasteiger partial charge in [-0.05, 0) is 54.4 Å². The van der Waals surface area contributed by atoms with Crippen LogP contribution in [0, 0.1) is 5.82 Å². The Morgan fingerprint density at radius 3 is 2.35 bits per heavy atom. The number of nitrogens with zero attached hydrogens (tertiary/aromatic N) is 3. The van der Waals surface area contributed by atoms with Crippen LogP contribution in [0.25, 0.3) is 27.5 Å². The number of hydrogen-bond donors (Lipinski definition) is 1. The van der Waals surface area contributed by atoms with E-state index in [-0.39, 0.29) is 23.1 Å². The van der Waals surface area contributed by atoms with Crippen LogP contribution in [-0.2, 0) is 15.6 Å². The summed E-state index contributed by atoms with van der Waals surface area (Å²) in [6, 6.07) is 14.9. The molecule has 0 amide bonds. The molecule has 1 N–H and O–H groups in total. The van der Waals surface area contributed by atoms with Gasteiger partial charge in [0.15, 0.2) is 0 Å². The molecule has 37 heavy (non-hydrogen) atoms. The van der Waals surface area contributed by atoms with Gasteiger partial charge in [0.25, 0.3) is 0 Å². The van der Waals surface area contributed by atoms with Gasteiger partial charge in [-0.15, -0.1) is 0 Å². The highest BCUT2D eigenvalue weighted by molar-refractivity contribution is 7.90. The maximum Gasteiger partial charge on any atom is 0.425 e. The van der Waals surface area contributed by atoms with Crippen LogP contribution in [-0.4, -0.2) is 39.2 Å². The number of para-hydroxylation sites is 1. The summed E-state index contributed by atoms with van der Waals surface area (Å²) in [7, 11) is -3.97. The number of hydrogen-bond acceptors (Lipinski definition) is 4. The molecule has 3 aromatic carbocycles. The van der Waals surface area contributed by atoms with E-state index in [2.05, 4.69) is 5.10 Å². The second-order valence-corrected chi connectivity index (χ2v) is 10.7. The first kappa shape index (κ1) is 25.0. The zero-order valence-corrected chi connectivity index (χ0v) is 20.3. The molecule has 0 saturated carbocycles. The standard InChI is InChI=1S/C26H21F4N3O3S/c1-2-13-37(35,36)32-16-22(21-5-3-4-6-24(21)32)25(34,26(28,29)30)18-7-12-23-17(14-18)15-31-33(23)20-10-8-19(27)9-11-20/h3-12,14-16,34H,2,13H2,1H3. The van der Waals surface area contributed by atoms with Gasteiger partial charge in [-0.2, -0.15) is 18.3 Å². The second kappa shape index (κ2) is 8.70. The van der Waals surface area contributed by atoms with Crippen LogP contribution >= 0.6 is 0 Å². The van der Waals surface area contributed by atoms with Crippen molar-refractivity contribution in [3.8, 4) is 5.69 Å². The van der Waals surface area contributed by atoms with Crippen LogP contribution in [0.1, 0.15) is 24.5 Å². The van der Waals surface area contributed by atoms with Crippen LogP contribution in [0.4, 0.5) is 17.6 Å². The number of alkyl halides is 3. The van der Waals surface area contributed by atoms with Gasteiger partial charge in [-0.1, -0.05) is 31.2 Å². The van der Waals surface area contributed by atoms with Crippen LogP contribution in [0.5, 0.6) is 0 Å². The van der Waals surface area contributed by atoms with Crippen molar-refractivity contribution in [1.29, 1.82) is 0 Å². The number of halogens is 4. The van der Waals surface area contributed by atoms with Crippen molar-refractivity contribution in [2.24, 2.45) is 0 Å². The number of rotatable bonds is 6. The summed E-state index contributed by atoms with van der Waals surface area (Å²) in [4.78, 5) is 0. The fourth-order valence-corrected chi connectivity index (χ4v) is 5.98. The lowest BCUT2D eigenvalue weighted by Gasteiger charge is -2.31. The van der Waals surface area contributed by atoms with E-state index < -0.39 is 38.7 Å². The number of aromatic nitrogens is 3. The van der Waals surface area contributed by atoms with E-state index >= 15 is 0 Å². The molecular formula is C26H21F4N3O3S. The Hall–Kier alpha value is -3.70. The van der Waals surface area contributed by atoms with Crippen LogP contribution < -0.4 is 0 Å². The molecule has 0 bridgehead atoms. The van der Waals surface area contributed by atoms with E-state index in [0.29, 0.717) is 16.6 Å². The summed E-state index contributed by atoms with van der Waals surface area (Å²) >= 11 is 0. The molecule has 0 radical (unpaired) electrons. The number of aliphatic hydroxyl groups is 1. The second-order valence-electron chi connectivity index (χ2n) is 8.69. The maximum atomic E-state index is 14.7. The van der Waals surface area contributed by atoms with Crippen molar-refractivity contribution in [2.45, 2.75) is 25.1 Å². The molecule has 11 heteroatoms. The van der Waals surface area contributed by atoms with Crippen molar-refractivity contribution in [2.75, 3.05) is 5.75 Å². The highest BCUT2D eigenvalue weighted by Gasteiger charge is 2.57. The number of benzene rings is 3. The molecule has 0 aliphatic rings. The molecule has 2 aromatic heterocycles. The van der Waals surface area contributed by atoms with Gasteiger partial charge in [0.1, 0.15) is 5.82 Å². The van der Waals surface area contributed by atoms with E-state index in [1.807, 2.05) is 0 Å². The Balaban J connectivity index is 1.73. The lowest BCUT2D eigenvalue weighted by molar-refractivity contribution is -0.247. The summed E-state index contributed by atoms with van der Waals surface area (Å²) in [5.41, 5.74) is -3.64. The van der Waals surface area contributed by atoms with E-state index in [1.165, 1.54) is 71.5 Å². The van der Waals surface area contributed by atoms with Crippen LogP contribution in [0.2, 0.25) is 0 Å². The Morgan fingerprint density at radius 2 is 1.68 bits per heavy atom. The molecular weight excluding hydrogens is 510 g/mol. The van der Waals surface area contributed by atoms with Gasteiger partial charge in [0.2, 0.25) is 15.6 Å². The molecule has 0 spiro atoms. The average Bonchev–Trinajstić information content (AvgIpc) is 3.45. The smallest absolute Gasteiger partial charge is 0.372 e. The van der Waals surface area contributed by atoms with Gasteiger partial charge in [0.05, 0.1) is 28.7 Å². The first-order valence-corrected chi connectivity index (χ1v) is 13.0. The van der Waals surface area contributed by atoms with Gasteiger partial charge >= 0.3 is 6.18 Å². The predicted octanol–water partition coefficient (Wildman–Crippen LogP) is 5.51.